The predicted octanol–water partition coefficient (Wildman–Crippen LogP) is 4.08. The summed E-state index contributed by atoms with van der Waals surface area (Å²) in [4.78, 5) is 14.5. The SMILES string of the molecule is COc1ccc2ccccc2c1C1NC(=O)C2C3=C(CCCC3)SC2N1. The highest BCUT2D eigenvalue weighted by Gasteiger charge is 2.45. The van der Waals surface area contributed by atoms with Crippen LogP contribution in [0.2, 0.25) is 0 Å². The van der Waals surface area contributed by atoms with E-state index >= 15 is 0 Å². The molecular formula is C21H22N2O2S. The fourth-order valence-electron chi connectivity index (χ4n) is 4.54. The summed E-state index contributed by atoms with van der Waals surface area (Å²) in [6, 6.07) is 12.3. The minimum atomic E-state index is -0.237. The Bertz CT molecular complexity index is 923. The molecule has 5 rings (SSSR count). The lowest BCUT2D eigenvalue weighted by Crippen LogP contribution is -2.54. The monoisotopic (exact) mass is 366 g/mol. The van der Waals surface area contributed by atoms with Crippen LogP contribution in [0.15, 0.2) is 46.9 Å². The maximum atomic E-state index is 13.0. The Labute approximate surface area is 157 Å². The number of rotatable bonds is 2. The second-order valence-electron chi connectivity index (χ2n) is 7.18. The Hall–Kier alpha value is -1.98. The quantitative estimate of drug-likeness (QED) is 0.841. The van der Waals surface area contributed by atoms with Crippen LogP contribution in [0.25, 0.3) is 10.8 Å². The van der Waals surface area contributed by atoms with Gasteiger partial charge in [-0.15, -0.1) is 11.8 Å². The highest BCUT2D eigenvalue weighted by Crippen LogP contribution is 2.50. The zero-order chi connectivity index (χ0) is 17.7. The van der Waals surface area contributed by atoms with Gasteiger partial charge in [0.15, 0.2) is 0 Å². The van der Waals surface area contributed by atoms with E-state index < -0.39 is 0 Å². The second kappa shape index (κ2) is 6.32. The fraction of sp³-hybridized carbons (Fsp3) is 0.381. The third-order valence-corrected chi connectivity index (χ3v) is 7.16. The third kappa shape index (κ3) is 2.45. The van der Waals surface area contributed by atoms with Crippen molar-refractivity contribution in [2.75, 3.05) is 7.11 Å². The van der Waals surface area contributed by atoms with Crippen molar-refractivity contribution < 1.29 is 9.53 Å². The van der Waals surface area contributed by atoms with Gasteiger partial charge in [0, 0.05) is 5.56 Å². The van der Waals surface area contributed by atoms with Crippen LogP contribution in [0.5, 0.6) is 5.75 Å². The fourth-order valence-corrected chi connectivity index (χ4v) is 6.12. The van der Waals surface area contributed by atoms with Gasteiger partial charge >= 0.3 is 0 Å². The summed E-state index contributed by atoms with van der Waals surface area (Å²) in [6.45, 7) is 0. The first-order valence-corrected chi connectivity index (χ1v) is 10.1. The van der Waals surface area contributed by atoms with E-state index in [0.29, 0.717) is 0 Å². The first-order valence-electron chi connectivity index (χ1n) is 9.27. The number of nitrogens with one attached hydrogen (secondary N) is 2. The molecule has 0 bridgehead atoms. The Morgan fingerprint density at radius 3 is 2.85 bits per heavy atom. The smallest absolute Gasteiger partial charge is 0.231 e. The van der Waals surface area contributed by atoms with Gasteiger partial charge in [0.25, 0.3) is 0 Å². The van der Waals surface area contributed by atoms with Crippen LogP contribution in [0, 0.1) is 5.92 Å². The van der Waals surface area contributed by atoms with Crippen LogP contribution in [0.3, 0.4) is 0 Å². The summed E-state index contributed by atoms with van der Waals surface area (Å²) in [5.41, 5.74) is 2.39. The largest absolute Gasteiger partial charge is 0.496 e. The molecule has 1 fully saturated rings. The number of ether oxygens (including phenoxy) is 1. The molecule has 5 heteroatoms. The molecule has 3 aliphatic rings. The molecule has 0 saturated carbocycles. The van der Waals surface area contributed by atoms with Crippen LogP contribution < -0.4 is 15.4 Å². The number of carbonyl (C=O) groups excluding carboxylic acids is 1. The molecule has 2 aromatic rings. The molecule has 0 aromatic heterocycles. The lowest BCUT2D eigenvalue weighted by Gasteiger charge is -2.35. The highest BCUT2D eigenvalue weighted by molar-refractivity contribution is 8.04. The molecule has 2 aromatic carbocycles. The number of fused-ring (bicyclic) bond motifs is 3. The van der Waals surface area contributed by atoms with Crippen LogP contribution >= 0.6 is 11.8 Å². The van der Waals surface area contributed by atoms with Gasteiger partial charge in [0.05, 0.1) is 18.4 Å². The minimum Gasteiger partial charge on any atom is -0.496 e. The van der Waals surface area contributed by atoms with Gasteiger partial charge in [-0.3, -0.25) is 10.1 Å². The van der Waals surface area contributed by atoms with Crippen molar-refractivity contribution in [3.63, 3.8) is 0 Å². The average Bonchev–Trinajstić information content (AvgIpc) is 3.05. The zero-order valence-corrected chi connectivity index (χ0v) is 15.6. The van der Waals surface area contributed by atoms with Gasteiger partial charge in [-0.05, 0) is 53.0 Å². The normalized spacial score (nSPS) is 27.9. The summed E-state index contributed by atoms with van der Waals surface area (Å²) in [6.07, 6.45) is 4.41. The van der Waals surface area contributed by atoms with Gasteiger partial charge in [-0.25, -0.2) is 0 Å². The van der Waals surface area contributed by atoms with Crippen molar-refractivity contribution in [1.82, 2.24) is 10.6 Å². The zero-order valence-electron chi connectivity index (χ0n) is 14.7. The van der Waals surface area contributed by atoms with E-state index in [0.717, 1.165) is 34.9 Å². The van der Waals surface area contributed by atoms with Gasteiger partial charge < -0.3 is 10.1 Å². The van der Waals surface area contributed by atoms with E-state index in [2.05, 4.69) is 28.8 Å². The van der Waals surface area contributed by atoms with Gasteiger partial charge in [0.1, 0.15) is 11.9 Å². The van der Waals surface area contributed by atoms with Crippen molar-refractivity contribution in [1.29, 1.82) is 0 Å². The van der Waals surface area contributed by atoms with E-state index in [1.807, 2.05) is 30.0 Å². The average molecular weight is 366 g/mol. The number of benzene rings is 2. The molecule has 2 aliphatic heterocycles. The molecule has 1 saturated heterocycles. The van der Waals surface area contributed by atoms with Crippen molar-refractivity contribution in [3.8, 4) is 5.75 Å². The number of methoxy groups -OCH3 is 1. The van der Waals surface area contributed by atoms with E-state index in [4.69, 9.17) is 4.74 Å². The molecule has 0 spiro atoms. The summed E-state index contributed by atoms with van der Waals surface area (Å²) < 4.78 is 5.64. The number of amides is 1. The molecule has 1 aliphatic carbocycles. The molecule has 2 heterocycles. The standard InChI is InChI=1S/C21H22N2O2S/c1-25-15-11-10-12-6-2-3-7-13(12)17(15)19-22-20(24)18-14-8-4-5-9-16(14)26-21(18)23-19/h2-3,6-7,10-11,18-19,21,23H,4-5,8-9H2,1H3,(H,22,24). The van der Waals surface area contributed by atoms with Crippen molar-refractivity contribution in [2.45, 2.75) is 37.2 Å². The highest BCUT2D eigenvalue weighted by atomic mass is 32.2. The van der Waals surface area contributed by atoms with Gasteiger partial charge in [-0.2, -0.15) is 0 Å². The van der Waals surface area contributed by atoms with Crippen molar-refractivity contribution >= 4 is 28.4 Å². The Kier molecular flexibility index (Phi) is 3.94. The lowest BCUT2D eigenvalue weighted by molar-refractivity contribution is -0.127. The Morgan fingerprint density at radius 1 is 1.12 bits per heavy atom. The first kappa shape index (κ1) is 16.2. The number of carbonyl (C=O) groups is 1. The van der Waals surface area contributed by atoms with Gasteiger partial charge in [0.2, 0.25) is 5.91 Å². The molecule has 26 heavy (non-hydrogen) atoms. The maximum absolute atomic E-state index is 13.0. The summed E-state index contributed by atoms with van der Waals surface area (Å²) in [5, 5.41) is 9.31. The molecule has 2 N–H and O–H groups in total. The molecule has 4 nitrogen and oxygen atoms in total. The molecule has 0 radical (unpaired) electrons. The van der Waals surface area contributed by atoms with Crippen LogP contribution in [0.1, 0.15) is 37.4 Å². The molecule has 3 unspecified atom stereocenters. The van der Waals surface area contributed by atoms with Crippen molar-refractivity contribution in [2.24, 2.45) is 5.92 Å². The summed E-state index contributed by atoms with van der Waals surface area (Å²) in [7, 11) is 1.69. The number of allylic oxidation sites excluding steroid dienone is 1. The van der Waals surface area contributed by atoms with E-state index in [1.165, 1.54) is 23.3 Å². The maximum Gasteiger partial charge on any atom is 0.231 e. The third-order valence-electron chi connectivity index (χ3n) is 5.74. The minimum absolute atomic E-state index is 0.0208. The van der Waals surface area contributed by atoms with Crippen LogP contribution in [-0.4, -0.2) is 18.4 Å². The Balaban J connectivity index is 1.54. The number of hydrogen-bond donors (Lipinski definition) is 2. The first-order chi connectivity index (χ1) is 12.8. The predicted molar refractivity (Wildman–Crippen MR) is 105 cm³/mol. The van der Waals surface area contributed by atoms with E-state index in [1.54, 1.807) is 7.11 Å². The Morgan fingerprint density at radius 2 is 1.96 bits per heavy atom. The second-order valence-corrected chi connectivity index (χ2v) is 8.42. The molecule has 3 atom stereocenters. The molecular weight excluding hydrogens is 344 g/mol. The molecule has 134 valence electrons. The molecule has 1 amide bonds. The summed E-state index contributed by atoms with van der Waals surface area (Å²) >= 11 is 1.87. The number of thioether (sulfide) groups is 1. The van der Waals surface area contributed by atoms with Crippen molar-refractivity contribution in [3.05, 3.63) is 52.4 Å². The number of hydrogen-bond acceptors (Lipinski definition) is 4. The van der Waals surface area contributed by atoms with Crippen LogP contribution in [-0.2, 0) is 4.79 Å². The summed E-state index contributed by atoms with van der Waals surface area (Å²) in [5.74, 6) is 0.932. The van der Waals surface area contributed by atoms with Gasteiger partial charge in [-0.1, -0.05) is 30.3 Å². The van der Waals surface area contributed by atoms with Crippen LogP contribution in [0.4, 0.5) is 0 Å². The topological polar surface area (TPSA) is 50.4 Å². The van der Waals surface area contributed by atoms with E-state index in [-0.39, 0.29) is 23.4 Å². The van der Waals surface area contributed by atoms with E-state index in [9.17, 15) is 4.79 Å². The lowest BCUT2D eigenvalue weighted by atomic mass is 9.87.